The van der Waals surface area contributed by atoms with Gasteiger partial charge in [-0.05, 0) is 29.3 Å². The molecule has 1 nitrogen and oxygen atoms in total. The summed E-state index contributed by atoms with van der Waals surface area (Å²) in [5.41, 5.74) is 3.25. The van der Waals surface area contributed by atoms with E-state index in [1.807, 2.05) is 31.2 Å². The van der Waals surface area contributed by atoms with Crippen LogP contribution in [0.15, 0.2) is 66.7 Å². The third kappa shape index (κ3) is 10.1. The van der Waals surface area contributed by atoms with Crippen LogP contribution < -0.4 is 35.2 Å². The van der Waals surface area contributed by atoms with Gasteiger partial charge in [0.2, 0.25) is 0 Å². The Morgan fingerprint density at radius 3 is 1.68 bits per heavy atom. The van der Waals surface area contributed by atoms with E-state index in [1.54, 1.807) is 25.2 Å². The molecule has 0 aliphatic rings. The van der Waals surface area contributed by atoms with Crippen molar-refractivity contribution in [3.05, 3.63) is 72.3 Å². The molecule has 0 saturated heterocycles. The minimum Gasteiger partial charge on any atom is -1.00 e. The van der Waals surface area contributed by atoms with Crippen molar-refractivity contribution in [2.45, 2.75) is 46.2 Å². The predicted octanol–water partition coefficient (Wildman–Crippen LogP) is -0.163. The third-order valence-electron chi connectivity index (χ3n) is 4.66. The zero-order chi connectivity index (χ0) is 22.2. The Balaban J connectivity index is 0. The fraction of sp³-hybridized carbons (Fsp3) is 0.280. The molecule has 0 bridgehead atoms. The van der Waals surface area contributed by atoms with Gasteiger partial charge in [-0.25, -0.2) is 12.1 Å². The van der Waals surface area contributed by atoms with E-state index in [0.29, 0.717) is 5.75 Å². The predicted molar refractivity (Wildman–Crippen MR) is 133 cm³/mol. The van der Waals surface area contributed by atoms with Crippen molar-refractivity contribution < 1.29 is 49.9 Å². The first kappa shape index (κ1) is 32.4. The first-order valence-electron chi connectivity index (χ1n) is 9.97. The molecule has 31 heavy (non-hydrogen) atoms. The Kier molecular flexibility index (Phi) is 15.0. The monoisotopic (exact) mass is 525 g/mol. The molecule has 0 radical (unpaired) electrons. The van der Waals surface area contributed by atoms with Crippen molar-refractivity contribution in [1.29, 1.82) is 0 Å². The van der Waals surface area contributed by atoms with Gasteiger partial charge in [-0.2, -0.15) is 17.3 Å². The van der Waals surface area contributed by atoms with Crippen molar-refractivity contribution in [2.75, 3.05) is 0 Å². The number of rotatable bonds is 3. The third-order valence-corrected chi connectivity index (χ3v) is 8.74. The molecule has 3 aromatic carbocycles. The second kappa shape index (κ2) is 14.4. The van der Waals surface area contributed by atoms with Crippen LogP contribution in [0.1, 0.15) is 5.56 Å². The van der Waals surface area contributed by atoms with Crippen LogP contribution in [0.25, 0.3) is 11.1 Å². The van der Waals surface area contributed by atoms with Crippen LogP contribution in [0.3, 0.4) is 0 Å². The fourth-order valence-electron chi connectivity index (χ4n) is 3.14. The normalized spacial score (nSPS) is 10.4. The molecule has 0 aromatic heterocycles. The first-order chi connectivity index (χ1) is 13.5. The number of phenolic OH excluding ortho intramolecular Hbond substituents is 1. The van der Waals surface area contributed by atoms with Gasteiger partial charge in [0.25, 0.3) is 0 Å². The summed E-state index contributed by atoms with van der Waals surface area (Å²) in [5.74, 6) is 0.402. The summed E-state index contributed by atoms with van der Waals surface area (Å²) in [6, 6.07) is 22.9. The average molecular weight is 526 g/mol. The van der Waals surface area contributed by atoms with E-state index in [4.69, 9.17) is 0 Å². The summed E-state index contributed by atoms with van der Waals surface area (Å²) >= 11 is 1.75. The van der Waals surface area contributed by atoms with Crippen molar-refractivity contribution >= 4 is 31.3 Å². The quantitative estimate of drug-likeness (QED) is 0.372. The number of hydrogen-bond donors (Lipinski definition) is 1. The second-order valence-electron chi connectivity index (χ2n) is 9.25. The van der Waals surface area contributed by atoms with Gasteiger partial charge in [-0.3, -0.25) is 0 Å². The topological polar surface area (TPSA) is 20.2 Å². The Bertz CT molecular complexity index is 884. The number of hydrogen-bond acceptors (Lipinski definition) is 1. The summed E-state index contributed by atoms with van der Waals surface area (Å²) in [7, 11) is -2.46. The van der Waals surface area contributed by atoms with Crippen LogP contribution in [0.5, 0.6) is 5.75 Å². The molecule has 0 aliphatic heterocycles. The molecule has 0 atom stereocenters. The van der Waals surface area contributed by atoms with E-state index in [1.165, 1.54) is 5.19 Å². The van der Waals surface area contributed by atoms with E-state index in [-0.39, 0.29) is 24.8 Å². The zero-order valence-corrected chi connectivity index (χ0v) is 24.8. The van der Waals surface area contributed by atoms with E-state index in [0.717, 1.165) is 16.7 Å². The Morgan fingerprint density at radius 2 is 1.29 bits per heavy atom. The van der Waals surface area contributed by atoms with Crippen molar-refractivity contribution in [3.8, 4) is 16.9 Å². The van der Waals surface area contributed by atoms with Gasteiger partial charge in [0, 0.05) is 13.6 Å². The number of halogens is 2. The Morgan fingerprint density at radius 1 is 0.806 bits per heavy atom. The Labute approximate surface area is 215 Å². The molecule has 0 unspecified atom stereocenters. The maximum Gasteiger partial charge on any atom is -1.00 e. The molecule has 6 heteroatoms. The molecule has 3 aromatic rings. The van der Waals surface area contributed by atoms with Gasteiger partial charge in [0.1, 0.15) is 5.75 Å². The molecule has 0 saturated carbocycles. The molecular weight excluding hydrogens is 491 g/mol. The molecule has 1 N–H and O–H groups in total. The van der Waals surface area contributed by atoms with Crippen LogP contribution in [-0.4, -0.2) is 26.1 Å². The minimum atomic E-state index is -1.48. The fourth-order valence-corrected chi connectivity index (χ4v) is 6.02. The standard InChI is InChI=1S/C16H20OSi.C8H13Si.CH2.2ClH.Ti/c1-12-10-14(17)16(13-8-6-5-7-9-13)15(11-12)18(2,3)4;1-9(2,3)8-6-4-5-7-8;;;;/h5-11,17H,1-4H3;4-7H,1-3H3;1H2;2*1H;/q;-1;;;;+2/p-2. The van der Waals surface area contributed by atoms with E-state index in [9.17, 15) is 5.11 Å². The van der Waals surface area contributed by atoms with Crippen molar-refractivity contribution in [3.63, 3.8) is 0 Å². The first-order valence-corrected chi connectivity index (χ1v) is 18.1. The van der Waals surface area contributed by atoms with Gasteiger partial charge in [-0.15, -0.1) is 0 Å². The number of benzene rings is 2. The number of phenols is 1. The van der Waals surface area contributed by atoms with Crippen LogP contribution in [0.4, 0.5) is 0 Å². The summed E-state index contributed by atoms with van der Waals surface area (Å²) in [6.07, 6.45) is 0. The van der Waals surface area contributed by atoms with Crippen LogP contribution in [-0.2, 0) is 20.0 Å². The summed E-state index contributed by atoms with van der Waals surface area (Å²) in [6.45, 7) is 16.1. The van der Waals surface area contributed by atoms with Crippen LogP contribution in [0, 0.1) is 6.92 Å². The maximum atomic E-state index is 10.3. The molecule has 0 spiro atoms. The zero-order valence-electron chi connectivity index (χ0n) is 19.8. The maximum absolute atomic E-state index is 10.3. The van der Waals surface area contributed by atoms with Crippen molar-refractivity contribution in [2.24, 2.45) is 0 Å². The van der Waals surface area contributed by atoms with Gasteiger partial charge < -0.3 is 29.9 Å². The van der Waals surface area contributed by atoms with E-state index in [2.05, 4.69) is 86.6 Å². The van der Waals surface area contributed by atoms with Gasteiger partial charge in [0.05, 0.1) is 8.07 Å². The summed E-state index contributed by atoms with van der Waals surface area (Å²) in [4.78, 5) is 3.25. The molecule has 0 amide bonds. The van der Waals surface area contributed by atoms with Gasteiger partial charge >= 0.3 is 24.8 Å². The summed E-state index contributed by atoms with van der Waals surface area (Å²) in [5, 5.41) is 13.2. The molecule has 0 aliphatic carbocycles. The average Bonchev–Trinajstić information content (AvgIpc) is 3.18. The van der Waals surface area contributed by atoms with E-state index < -0.39 is 16.1 Å². The number of aromatic hydroxyl groups is 1. The molecule has 0 heterocycles. The van der Waals surface area contributed by atoms with Crippen LogP contribution in [0.2, 0.25) is 39.3 Å². The summed E-state index contributed by atoms with van der Waals surface area (Å²) < 4.78 is 0. The molecular formula is C25H35Cl2OSi2Ti-. The Hall–Kier alpha value is -0.812. The number of aryl methyl sites for hydroxylation is 1. The molecule has 3 rings (SSSR count). The SMILES string of the molecule is C[Si](C)(C)[c-]1cccc1.Cc1cc(O)c(-c2ccccc2)c([Si](C)(C)C)c1.[CH2]=[Ti+2].[Cl-].[Cl-]. The van der Waals surface area contributed by atoms with E-state index >= 15 is 0 Å². The van der Waals surface area contributed by atoms with Gasteiger partial charge in [-0.1, -0.05) is 75.7 Å². The largest absolute Gasteiger partial charge is 1.00 e. The second-order valence-corrected chi connectivity index (χ2v) is 19.4. The van der Waals surface area contributed by atoms with Gasteiger partial charge in [0.15, 0.2) is 0 Å². The smallest absolute Gasteiger partial charge is 1.00 e. The minimum absolute atomic E-state index is 0. The molecule has 0 fully saturated rings. The van der Waals surface area contributed by atoms with Crippen LogP contribution >= 0.6 is 0 Å². The van der Waals surface area contributed by atoms with Crippen molar-refractivity contribution in [1.82, 2.24) is 0 Å². The molecule has 168 valence electrons.